The first-order valence-electron chi connectivity index (χ1n) is 17.9. The molecule has 2 amide bonds. The molecule has 0 bridgehead atoms. The van der Waals surface area contributed by atoms with Crippen molar-refractivity contribution in [1.29, 1.82) is 0 Å². The van der Waals surface area contributed by atoms with Crippen LogP contribution in [0, 0.1) is 5.82 Å². The third-order valence-corrected chi connectivity index (χ3v) is 10.5. The lowest BCUT2D eigenvalue weighted by Gasteiger charge is -2.36. The number of amides is 2. The van der Waals surface area contributed by atoms with E-state index in [2.05, 4.69) is 47.0 Å². The molecule has 5 rings (SSSR count). The summed E-state index contributed by atoms with van der Waals surface area (Å²) < 4.78 is 35.0. The predicted molar refractivity (Wildman–Crippen MR) is 201 cm³/mol. The lowest BCUT2D eigenvalue weighted by atomic mass is 10.0. The summed E-state index contributed by atoms with van der Waals surface area (Å²) in [5.41, 5.74) is 2.09. The average Bonchev–Trinajstić information content (AvgIpc) is 3.45. The number of aliphatic hydroxyl groups excluding tert-OH is 1. The van der Waals surface area contributed by atoms with Gasteiger partial charge in [-0.15, -0.1) is 0 Å². The number of carbonyl (C=O) groups excluding carboxylic acids is 2. The van der Waals surface area contributed by atoms with Crippen molar-refractivity contribution in [3.63, 3.8) is 0 Å². The van der Waals surface area contributed by atoms with Crippen molar-refractivity contribution >= 4 is 31.1 Å². The van der Waals surface area contributed by atoms with E-state index in [0.717, 1.165) is 12.6 Å². The zero-order valence-electron chi connectivity index (χ0n) is 31.2. The lowest BCUT2D eigenvalue weighted by Crippen LogP contribution is -2.55. The quantitative estimate of drug-likeness (QED) is 0.111. The molecule has 1 saturated heterocycles. The van der Waals surface area contributed by atoms with Crippen molar-refractivity contribution in [3.05, 3.63) is 89.5 Å². The van der Waals surface area contributed by atoms with Gasteiger partial charge in [-0.05, 0) is 56.1 Å². The minimum atomic E-state index is -1.26. The number of carbonyl (C=O) groups is 2. The number of rotatable bonds is 14. The molecule has 2 aromatic heterocycles. The van der Waals surface area contributed by atoms with Crippen LogP contribution in [0.3, 0.4) is 0 Å². The molecule has 0 spiro atoms. The van der Waals surface area contributed by atoms with Crippen molar-refractivity contribution < 1.29 is 33.3 Å². The van der Waals surface area contributed by atoms with Gasteiger partial charge >= 0.3 is 6.09 Å². The first-order valence-corrected chi connectivity index (χ1v) is 21.6. The Hall–Kier alpha value is -4.30. The first kappa shape index (κ1) is 38.9. The van der Waals surface area contributed by atoms with Crippen molar-refractivity contribution in [2.45, 2.75) is 84.4 Å². The number of ether oxygens (including phenoxy) is 3. The summed E-state index contributed by atoms with van der Waals surface area (Å²) in [6.07, 6.45) is 2.68. The van der Waals surface area contributed by atoms with Crippen molar-refractivity contribution in [3.8, 4) is 11.5 Å². The number of halogens is 1. The highest BCUT2D eigenvalue weighted by Gasteiger charge is 2.31. The molecule has 1 aliphatic heterocycles. The summed E-state index contributed by atoms with van der Waals surface area (Å²) in [4.78, 5) is 35.3. The van der Waals surface area contributed by atoms with E-state index in [1.807, 2.05) is 22.8 Å². The number of aromatic nitrogens is 2. The zero-order valence-corrected chi connectivity index (χ0v) is 32.2. The Morgan fingerprint density at radius 3 is 2.38 bits per heavy atom. The zero-order chi connectivity index (χ0) is 37.5. The van der Waals surface area contributed by atoms with Gasteiger partial charge in [0.25, 0.3) is 0 Å². The highest BCUT2D eigenvalue weighted by Crippen LogP contribution is 2.34. The second-order valence-corrected chi connectivity index (χ2v) is 21.1. The molecule has 4 aromatic rings. The van der Waals surface area contributed by atoms with Crippen LogP contribution in [0.1, 0.15) is 37.5 Å². The van der Waals surface area contributed by atoms with Gasteiger partial charge < -0.3 is 34.1 Å². The molecule has 0 unspecified atom stereocenters. The van der Waals surface area contributed by atoms with E-state index in [0.29, 0.717) is 60.7 Å². The highest BCUT2D eigenvalue weighted by atomic mass is 28.3. The Labute approximate surface area is 306 Å². The van der Waals surface area contributed by atoms with Crippen LogP contribution in [0.5, 0.6) is 11.5 Å². The van der Waals surface area contributed by atoms with E-state index in [4.69, 9.17) is 14.2 Å². The van der Waals surface area contributed by atoms with E-state index in [1.54, 1.807) is 50.2 Å². The maximum atomic E-state index is 15.7. The van der Waals surface area contributed by atoms with Gasteiger partial charge in [-0.3, -0.25) is 9.69 Å². The van der Waals surface area contributed by atoms with Gasteiger partial charge in [-0.25, -0.2) is 14.2 Å². The van der Waals surface area contributed by atoms with Crippen molar-refractivity contribution in [2.24, 2.45) is 0 Å². The van der Waals surface area contributed by atoms with Gasteiger partial charge in [0.1, 0.15) is 29.8 Å². The molecule has 52 heavy (non-hydrogen) atoms. The number of nitrogens with zero attached hydrogens (tertiary/aromatic N) is 4. The van der Waals surface area contributed by atoms with Gasteiger partial charge in [0.2, 0.25) is 5.91 Å². The lowest BCUT2D eigenvalue weighted by molar-refractivity contribution is -0.135. The van der Waals surface area contributed by atoms with Crippen molar-refractivity contribution in [2.75, 3.05) is 32.8 Å². The van der Waals surface area contributed by atoms with E-state index in [1.165, 1.54) is 17.7 Å². The van der Waals surface area contributed by atoms with Crippen LogP contribution in [0.4, 0.5) is 9.18 Å². The molecule has 11 nitrogen and oxygen atoms in total. The topological polar surface area (TPSA) is 118 Å². The Morgan fingerprint density at radius 2 is 1.73 bits per heavy atom. The number of fused-ring (bicyclic) bond motifs is 1. The predicted octanol–water partition coefficient (Wildman–Crippen LogP) is 6.55. The fourth-order valence-corrected chi connectivity index (χ4v) is 6.81. The summed E-state index contributed by atoms with van der Waals surface area (Å²) in [7, 11) is -1.26. The number of piperazine rings is 1. The number of benzene rings is 2. The normalized spacial score (nSPS) is 14.7. The maximum absolute atomic E-state index is 15.7. The monoisotopic (exact) mass is 733 g/mol. The first-order chi connectivity index (χ1) is 24.7. The van der Waals surface area contributed by atoms with Crippen LogP contribution in [0.25, 0.3) is 11.0 Å². The number of aliphatic hydroxyl groups is 1. The number of pyridine rings is 1. The third kappa shape index (κ3) is 10.9. The summed E-state index contributed by atoms with van der Waals surface area (Å²) in [5, 5.41) is 13.5. The summed E-state index contributed by atoms with van der Waals surface area (Å²) in [6.45, 7) is 15.9. The highest BCUT2D eigenvalue weighted by molar-refractivity contribution is 6.76. The fraction of sp³-hybridized carbons (Fsp3) is 0.462. The Bertz CT molecular complexity index is 1820. The molecule has 13 heteroatoms. The number of hydrogen-bond acceptors (Lipinski definition) is 8. The molecular formula is C39H52FN5O6Si. The van der Waals surface area contributed by atoms with Crippen LogP contribution < -0.4 is 10.1 Å². The molecule has 2 aromatic carbocycles. The fourth-order valence-electron chi connectivity index (χ4n) is 6.06. The Morgan fingerprint density at radius 1 is 1.00 bits per heavy atom. The van der Waals surface area contributed by atoms with Gasteiger partial charge in [0, 0.05) is 71.8 Å². The molecule has 1 aliphatic rings. The Kier molecular flexibility index (Phi) is 12.7. The van der Waals surface area contributed by atoms with Gasteiger partial charge in [-0.2, -0.15) is 0 Å². The second kappa shape index (κ2) is 17.0. The smallest absolute Gasteiger partial charge is 0.408 e. The van der Waals surface area contributed by atoms with Crippen LogP contribution >= 0.6 is 0 Å². The van der Waals surface area contributed by atoms with E-state index < -0.39 is 31.6 Å². The molecule has 0 radical (unpaired) electrons. The largest absolute Gasteiger partial charge is 0.453 e. The second-order valence-electron chi connectivity index (χ2n) is 15.5. The minimum Gasteiger partial charge on any atom is -0.453 e. The maximum Gasteiger partial charge on any atom is 0.408 e. The SMILES string of the molecule is CC(C)(C)OC(=O)N[C@@H](Cc1ccc(Oc2ccnc3c2c(CO)cn3COCC[Si](C)(C)C)c(F)c1)C(=O)N1CCN(Cc2ccccc2)CC1. The van der Waals surface area contributed by atoms with Crippen LogP contribution in [0.15, 0.2) is 67.0 Å². The third-order valence-electron chi connectivity index (χ3n) is 8.77. The summed E-state index contributed by atoms with van der Waals surface area (Å²) in [5.74, 6) is -0.583. The van der Waals surface area contributed by atoms with Gasteiger partial charge in [0.15, 0.2) is 11.6 Å². The molecule has 1 atom stereocenters. The molecule has 280 valence electrons. The van der Waals surface area contributed by atoms with Crippen LogP contribution in [-0.4, -0.2) is 89.0 Å². The number of alkyl carbamates (subject to hydrolysis) is 1. The molecular weight excluding hydrogens is 682 g/mol. The Balaban J connectivity index is 1.29. The molecule has 3 heterocycles. The van der Waals surface area contributed by atoms with Gasteiger partial charge in [-0.1, -0.05) is 56.0 Å². The van der Waals surface area contributed by atoms with E-state index >= 15 is 4.39 Å². The van der Waals surface area contributed by atoms with Gasteiger partial charge in [0.05, 0.1) is 12.0 Å². The molecule has 0 saturated carbocycles. The number of hydrogen-bond donors (Lipinski definition) is 2. The molecule has 0 aliphatic carbocycles. The summed E-state index contributed by atoms with van der Waals surface area (Å²) >= 11 is 0. The summed E-state index contributed by atoms with van der Waals surface area (Å²) in [6, 6.07) is 16.4. The van der Waals surface area contributed by atoms with Crippen LogP contribution in [0.2, 0.25) is 25.7 Å². The standard InChI is InChI=1S/C39H52FN5O6Si/c1-39(2,3)51-38(48)42-32(37(47)44-18-16-43(17-19-44)24-28-10-8-7-9-11-28)23-29-12-13-33(31(40)22-29)50-34-14-15-41-36-35(34)30(26-46)25-45(36)27-49-20-21-52(4,5)6/h7-15,22,25,32,46H,16-21,23-24,26-27H2,1-6H3,(H,42,48)/t32-/m0/s1. The molecule has 2 N–H and O–H groups in total. The minimum absolute atomic E-state index is 0.0307. The molecule has 1 fully saturated rings. The van der Waals surface area contributed by atoms with E-state index in [9.17, 15) is 14.7 Å². The van der Waals surface area contributed by atoms with Crippen LogP contribution in [-0.2, 0) is 40.6 Å². The van der Waals surface area contributed by atoms with Crippen molar-refractivity contribution in [1.82, 2.24) is 24.7 Å². The average molecular weight is 734 g/mol. The van der Waals surface area contributed by atoms with E-state index in [-0.39, 0.29) is 31.4 Å². The number of nitrogens with one attached hydrogen (secondary N) is 1.